The van der Waals surface area contributed by atoms with Gasteiger partial charge in [0.2, 0.25) is 0 Å². The summed E-state index contributed by atoms with van der Waals surface area (Å²) in [5.74, 6) is 0.821. The molecule has 0 fully saturated rings. The Morgan fingerprint density at radius 3 is 0.982 bits per heavy atom. The number of para-hydroxylation sites is 3. The van der Waals surface area contributed by atoms with Crippen molar-refractivity contribution in [1.82, 2.24) is 0 Å². The van der Waals surface area contributed by atoms with Crippen LogP contribution in [0.2, 0.25) is 0 Å². The molecule has 7 heteroatoms. The Hall–Kier alpha value is -4.92. The SMILES string of the molecule is Brc1ccc(-c2ccc(Br)cc2)cc1.COc1ccccc1N(c1ccc(-c2ccc(Br)cc2)cc1)c1ccc(-c2ccc(Br)cc2)cc1.Cc1ccccc1N. The van der Waals surface area contributed by atoms with Gasteiger partial charge in [-0.25, -0.2) is 0 Å². The lowest BCUT2D eigenvalue weighted by atomic mass is 10.0. The molecule has 57 heavy (non-hydrogen) atoms. The highest BCUT2D eigenvalue weighted by Crippen LogP contribution is 2.41. The van der Waals surface area contributed by atoms with Crippen molar-refractivity contribution in [3.8, 4) is 39.1 Å². The highest BCUT2D eigenvalue weighted by atomic mass is 79.9. The zero-order chi connectivity index (χ0) is 40.1. The predicted octanol–water partition coefficient (Wildman–Crippen LogP) is 16.5. The number of benzene rings is 8. The van der Waals surface area contributed by atoms with Crippen LogP contribution in [-0.2, 0) is 0 Å². The third-order valence-corrected chi connectivity index (χ3v) is 11.3. The topological polar surface area (TPSA) is 38.5 Å². The second kappa shape index (κ2) is 20.5. The minimum atomic E-state index is 0.821. The molecule has 0 aliphatic heterocycles. The summed E-state index contributed by atoms with van der Waals surface area (Å²) < 4.78 is 10.1. The van der Waals surface area contributed by atoms with Gasteiger partial charge in [-0.3, -0.25) is 0 Å². The molecule has 0 heterocycles. The monoisotopic (exact) mass is 1000 g/mol. The van der Waals surface area contributed by atoms with E-state index in [0.717, 1.165) is 52.0 Å². The van der Waals surface area contributed by atoms with Gasteiger partial charge in [0.25, 0.3) is 0 Å². The molecule has 0 aliphatic rings. The molecule has 0 bridgehead atoms. The van der Waals surface area contributed by atoms with E-state index < -0.39 is 0 Å². The normalized spacial score (nSPS) is 10.4. The Kier molecular flexibility index (Phi) is 15.0. The maximum absolute atomic E-state index is 5.73. The van der Waals surface area contributed by atoms with Crippen LogP contribution >= 0.6 is 63.7 Å². The number of nitrogens with two attached hydrogens (primary N) is 1. The molecular formula is C50H40Br4N2O. The van der Waals surface area contributed by atoms with Crippen molar-refractivity contribution in [2.75, 3.05) is 17.7 Å². The Bertz CT molecular complexity index is 2320. The first-order valence-electron chi connectivity index (χ1n) is 18.2. The summed E-state index contributed by atoms with van der Waals surface area (Å²) in [7, 11) is 1.71. The molecule has 284 valence electrons. The summed E-state index contributed by atoms with van der Waals surface area (Å²) in [6, 6.07) is 66.6. The van der Waals surface area contributed by atoms with Gasteiger partial charge < -0.3 is 15.4 Å². The van der Waals surface area contributed by atoms with Gasteiger partial charge in [0.15, 0.2) is 0 Å². The molecule has 0 radical (unpaired) electrons. The molecule has 0 atom stereocenters. The standard InChI is InChI=1S/C31H23Br2NO.C12H8Br2.C7H9N/c1-35-31-5-3-2-4-30(31)34(28-18-10-24(11-19-28)22-6-14-26(32)15-7-22)29-20-12-25(13-21-29)23-8-16-27(33)17-9-23;13-11-5-1-9(2-6-11)10-3-7-12(14)8-4-10;1-6-4-2-3-5-7(6)8/h2-21H,1H3;1-8H;2-5H,8H2,1H3. The molecular weight excluding hydrogens is 964 g/mol. The fraction of sp³-hybridized carbons (Fsp3) is 0.0400. The minimum Gasteiger partial charge on any atom is -0.495 e. The van der Waals surface area contributed by atoms with Crippen LogP contribution in [0, 0.1) is 6.92 Å². The molecule has 0 aromatic heterocycles. The summed E-state index contributed by atoms with van der Waals surface area (Å²) in [6.45, 7) is 2.00. The van der Waals surface area contributed by atoms with Gasteiger partial charge in [-0.05, 0) is 137 Å². The second-order valence-electron chi connectivity index (χ2n) is 13.0. The number of nitrogen functional groups attached to an aromatic ring is 1. The van der Waals surface area contributed by atoms with Gasteiger partial charge in [0, 0.05) is 35.0 Å². The Labute approximate surface area is 369 Å². The largest absolute Gasteiger partial charge is 0.495 e. The number of hydrogen-bond acceptors (Lipinski definition) is 3. The molecule has 0 saturated heterocycles. The smallest absolute Gasteiger partial charge is 0.142 e. The number of ether oxygens (including phenoxy) is 1. The van der Waals surface area contributed by atoms with Gasteiger partial charge in [0.1, 0.15) is 5.75 Å². The van der Waals surface area contributed by atoms with E-state index in [1.54, 1.807) is 7.11 Å². The van der Waals surface area contributed by atoms with E-state index in [2.05, 4.69) is 220 Å². The fourth-order valence-corrected chi connectivity index (χ4v) is 7.06. The van der Waals surface area contributed by atoms with Gasteiger partial charge in [-0.2, -0.15) is 0 Å². The zero-order valence-corrected chi connectivity index (χ0v) is 37.8. The molecule has 0 unspecified atom stereocenters. The number of anilines is 4. The molecule has 8 aromatic carbocycles. The van der Waals surface area contributed by atoms with Crippen LogP contribution in [0.5, 0.6) is 5.75 Å². The van der Waals surface area contributed by atoms with Crippen molar-refractivity contribution in [3.05, 3.63) is 218 Å². The third-order valence-electron chi connectivity index (χ3n) is 9.14. The van der Waals surface area contributed by atoms with E-state index in [4.69, 9.17) is 10.5 Å². The van der Waals surface area contributed by atoms with E-state index in [1.807, 2.05) is 49.4 Å². The van der Waals surface area contributed by atoms with Gasteiger partial charge in [-0.15, -0.1) is 0 Å². The van der Waals surface area contributed by atoms with E-state index in [1.165, 1.54) is 33.4 Å². The number of hydrogen-bond donors (Lipinski definition) is 1. The average Bonchev–Trinajstić information content (AvgIpc) is 3.24. The predicted molar refractivity (Wildman–Crippen MR) is 257 cm³/mol. The number of halogens is 4. The van der Waals surface area contributed by atoms with Gasteiger partial charge >= 0.3 is 0 Å². The summed E-state index contributed by atoms with van der Waals surface area (Å²) in [4.78, 5) is 2.23. The maximum Gasteiger partial charge on any atom is 0.142 e. The molecule has 2 N–H and O–H groups in total. The highest BCUT2D eigenvalue weighted by molar-refractivity contribution is 9.11. The van der Waals surface area contributed by atoms with Gasteiger partial charge in [-0.1, -0.05) is 167 Å². The highest BCUT2D eigenvalue weighted by Gasteiger charge is 2.17. The summed E-state index contributed by atoms with van der Waals surface area (Å²) in [6.07, 6.45) is 0. The van der Waals surface area contributed by atoms with Crippen molar-refractivity contribution in [1.29, 1.82) is 0 Å². The van der Waals surface area contributed by atoms with Crippen LogP contribution in [0.3, 0.4) is 0 Å². The Balaban J connectivity index is 0.000000202. The molecule has 8 aromatic rings. The maximum atomic E-state index is 5.73. The van der Waals surface area contributed by atoms with Crippen LogP contribution in [0.15, 0.2) is 212 Å². The molecule has 0 aliphatic carbocycles. The number of aryl methyl sites for hydroxylation is 1. The second-order valence-corrected chi connectivity index (χ2v) is 16.6. The number of nitrogens with zero attached hydrogens (tertiary/aromatic N) is 1. The molecule has 0 amide bonds. The molecule has 8 rings (SSSR count). The van der Waals surface area contributed by atoms with Crippen LogP contribution < -0.4 is 15.4 Å². The number of rotatable bonds is 7. The van der Waals surface area contributed by atoms with E-state index in [0.29, 0.717) is 0 Å². The molecule has 3 nitrogen and oxygen atoms in total. The lowest BCUT2D eigenvalue weighted by Crippen LogP contribution is -2.11. The van der Waals surface area contributed by atoms with E-state index in [9.17, 15) is 0 Å². The summed E-state index contributed by atoms with van der Waals surface area (Å²) in [5.41, 5.74) is 17.8. The zero-order valence-electron chi connectivity index (χ0n) is 31.4. The summed E-state index contributed by atoms with van der Waals surface area (Å²) >= 11 is 13.9. The van der Waals surface area contributed by atoms with Gasteiger partial charge in [0.05, 0.1) is 12.8 Å². The third kappa shape index (κ3) is 11.6. The van der Waals surface area contributed by atoms with Crippen molar-refractivity contribution >= 4 is 86.5 Å². The quantitative estimate of drug-likeness (QED) is 0.162. The van der Waals surface area contributed by atoms with Crippen LogP contribution in [-0.4, -0.2) is 7.11 Å². The Morgan fingerprint density at radius 2 is 0.684 bits per heavy atom. The minimum absolute atomic E-state index is 0.821. The van der Waals surface area contributed by atoms with Crippen LogP contribution in [0.25, 0.3) is 33.4 Å². The summed E-state index contributed by atoms with van der Waals surface area (Å²) in [5, 5.41) is 0. The van der Waals surface area contributed by atoms with Crippen LogP contribution in [0.4, 0.5) is 22.7 Å². The first kappa shape index (κ1) is 41.7. The van der Waals surface area contributed by atoms with Crippen molar-refractivity contribution in [2.45, 2.75) is 6.92 Å². The lowest BCUT2D eigenvalue weighted by molar-refractivity contribution is 0.416. The van der Waals surface area contributed by atoms with E-state index >= 15 is 0 Å². The first-order valence-corrected chi connectivity index (χ1v) is 21.3. The lowest BCUT2D eigenvalue weighted by Gasteiger charge is -2.27. The van der Waals surface area contributed by atoms with Crippen molar-refractivity contribution < 1.29 is 4.74 Å². The molecule has 0 spiro atoms. The average molecular weight is 1000 g/mol. The van der Waals surface area contributed by atoms with Crippen molar-refractivity contribution in [3.63, 3.8) is 0 Å². The molecule has 0 saturated carbocycles. The fourth-order valence-electron chi connectivity index (χ4n) is 6.00. The van der Waals surface area contributed by atoms with Crippen LogP contribution in [0.1, 0.15) is 5.56 Å². The first-order chi connectivity index (χ1) is 27.7. The number of methoxy groups -OCH3 is 1. The Morgan fingerprint density at radius 1 is 0.386 bits per heavy atom. The van der Waals surface area contributed by atoms with E-state index in [-0.39, 0.29) is 0 Å². The van der Waals surface area contributed by atoms with Crippen molar-refractivity contribution in [2.24, 2.45) is 0 Å².